The molecule has 1 aliphatic heterocycles. The Morgan fingerprint density at radius 1 is 1.17 bits per heavy atom. The first-order valence-electron chi connectivity index (χ1n) is 8.88. The molecule has 136 valence electrons. The Morgan fingerprint density at radius 3 is 2.46 bits per heavy atom. The zero-order valence-corrected chi connectivity index (χ0v) is 15.1. The molecule has 1 heterocycles. The van der Waals surface area contributed by atoms with Crippen molar-refractivity contribution in [1.29, 1.82) is 0 Å². The third-order valence-corrected chi connectivity index (χ3v) is 6.54. The van der Waals surface area contributed by atoms with E-state index in [4.69, 9.17) is 0 Å². The summed E-state index contributed by atoms with van der Waals surface area (Å²) in [4.78, 5) is 27.2. The van der Waals surface area contributed by atoms with Crippen molar-refractivity contribution >= 4 is 21.8 Å². The first kappa shape index (κ1) is 17.7. The Kier molecular flexibility index (Phi) is 5.15. The summed E-state index contributed by atoms with van der Waals surface area (Å²) in [7, 11) is -3.65. The number of sulfonamides is 1. The van der Waals surface area contributed by atoms with Gasteiger partial charge < -0.3 is 9.80 Å². The third kappa shape index (κ3) is 4.69. The van der Waals surface area contributed by atoms with Crippen LogP contribution in [0.4, 0.5) is 0 Å². The molecule has 24 heavy (non-hydrogen) atoms. The van der Waals surface area contributed by atoms with Gasteiger partial charge in [0.2, 0.25) is 21.8 Å². The van der Waals surface area contributed by atoms with Crippen molar-refractivity contribution in [2.45, 2.75) is 51.5 Å². The number of hydrogen-bond acceptors (Lipinski definition) is 4. The number of nitrogens with one attached hydrogen (secondary N) is 1. The van der Waals surface area contributed by atoms with Gasteiger partial charge in [0.1, 0.15) is 12.3 Å². The molecule has 0 bridgehead atoms. The van der Waals surface area contributed by atoms with Crippen molar-refractivity contribution in [3.8, 4) is 0 Å². The van der Waals surface area contributed by atoms with Crippen LogP contribution in [0.2, 0.25) is 0 Å². The van der Waals surface area contributed by atoms with Crippen LogP contribution in [0.15, 0.2) is 0 Å². The molecule has 0 aromatic rings. The number of hydrogen-bond donors (Lipinski definition) is 1. The predicted octanol–water partition coefficient (Wildman–Crippen LogP) is 0.523. The minimum Gasteiger partial charge on any atom is -0.323 e. The topological polar surface area (TPSA) is 86.8 Å². The molecule has 1 N–H and O–H groups in total. The Balaban J connectivity index is 1.49. The fourth-order valence-electron chi connectivity index (χ4n) is 3.46. The first-order valence-corrected chi connectivity index (χ1v) is 10.5. The van der Waals surface area contributed by atoms with Crippen molar-refractivity contribution in [3.05, 3.63) is 0 Å². The summed E-state index contributed by atoms with van der Waals surface area (Å²) in [6.07, 6.45) is 5.94. The molecule has 2 saturated carbocycles. The Morgan fingerprint density at radius 2 is 1.83 bits per heavy atom. The molecule has 0 unspecified atom stereocenters. The molecule has 0 aromatic carbocycles. The van der Waals surface area contributed by atoms with Gasteiger partial charge in [-0.1, -0.05) is 6.92 Å². The van der Waals surface area contributed by atoms with Crippen LogP contribution in [0.25, 0.3) is 0 Å². The van der Waals surface area contributed by atoms with Gasteiger partial charge >= 0.3 is 0 Å². The highest BCUT2D eigenvalue weighted by molar-refractivity contribution is 7.90. The standard InChI is InChI=1S/C16H27N3O4S/c1-12-2-6-14(7-3-12)17-24(22,23)10-16(21)19-9-15(20)18(11-19)8-13-4-5-13/h12-14,17H,2-11H2,1H3. The largest absolute Gasteiger partial charge is 0.323 e. The van der Waals surface area contributed by atoms with Gasteiger partial charge in [-0.05, 0) is 50.4 Å². The second kappa shape index (κ2) is 7.00. The van der Waals surface area contributed by atoms with E-state index in [9.17, 15) is 18.0 Å². The van der Waals surface area contributed by atoms with E-state index in [1.54, 1.807) is 4.90 Å². The lowest BCUT2D eigenvalue weighted by Gasteiger charge is -2.26. The molecule has 0 radical (unpaired) electrons. The van der Waals surface area contributed by atoms with E-state index in [1.807, 2.05) is 0 Å². The predicted molar refractivity (Wildman–Crippen MR) is 89.4 cm³/mol. The summed E-state index contributed by atoms with van der Waals surface area (Å²) >= 11 is 0. The summed E-state index contributed by atoms with van der Waals surface area (Å²) < 4.78 is 27.1. The maximum Gasteiger partial charge on any atom is 0.243 e. The maximum absolute atomic E-state index is 12.3. The minimum atomic E-state index is -3.65. The monoisotopic (exact) mass is 357 g/mol. The molecule has 3 aliphatic rings. The average Bonchev–Trinajstić information content (AvgIpc) is 3.23. The fraction of sp³-hybridized carbons (Fsp3) is 0.875. The van der Waals surface area contributed by atoms with Gasteiger partial charge in [-0.2, -0.15) is 0 Å². The van der Waals surface area contributed by atoms with Crippen molar-refractivity contribution in [1.82, 2.24) is 14.5 Å². The third-order valence-electron chi connectivity index (χ3n) is 5.22. The summed E-state index contributed by atoms with van der Waals surface area (Å²) in [5.41, 5.74) is 0. The normalized spacial score (nSPS) is 28.5. The molecule has 0 aromatic heterocycles. The van der Waals surface area contributed by atoms with Gasteiger partial charge in [0.25, 0.3) is 0 Å². The highest BCUT2D eigenvalue weighted by atomic mass is 32.2. The van der Waals surface area contributed by atoms with Gasteiger partial charge in [0.05, 0.1) is 6.67 Å². The van der Waals surface area contributed by atoms with Crippen LogP contribution in [0.1, 0.15) is 45.4 Å². The SMILES string of the molecule is CC1CCC(NS(=O)(=O)CC(=O)N2CC(=O)N(CC3CC3)C2)CC1. The van der Waals surface area contributed by atoms with Crippen LogP contribution in [-0.4, -0.2) is 61.6 Å². The van der Waals surface area contributed by atoms with Crippen LogP contribution >= 0.6 is 0 Å². The molecule has 1 saturated heterocycles. The van der Waals surface area contributed by atoms with E-state index in [0.29, 0.717) is 18.4 Å². The molecule has 0 spiro atoms. The first-order chi connectivity index (χ1) is 11.3. The second-order valence-corrected chi connectivity index (χ2v) is 9.38. The molecule has 3 rings (SSSR count). The van der Waals surface area contributed by atoms with Crippen LogP contribution in [0, 0.1) is 11.8 Å². The van der Waals surface area contributed by atoms with Crippen molar-refractivity contribution < 1.29 is 18.0 Å². The lowest BCUT2D eigenvalue weighted by Crippen LogP contribution is -2.43. The van der Waals surface area contributed by atoms with Crippen LogP contribution in [0.3, 0.4) is 0 Å². The summed E-state index contributed by atoms with van der Waals surface area (Å²) in [5.74, 6) is 0.0626. The zero-order valence-electron chi connectivity index (χ0n) is 14.2. The average molecular weight is 357 g/mol. The van der Waals surface area contributed by atoms with Gasteiger partial charge in [-0.3, -0.25) is 9.59 Å². The summed E-state index contributed by atoms with van der Waals surface area (Å²) in [6, 6.07) is -0.0643. The molecule has 7 nitrogen and oxygen atoms in total. The number of nitrogens with zero attached hydrogens (tertiary/aromatic N) is 2. The molecule has 0 atom stereocenters. The van der Waals surface area contributed by atoms with Gasteiger partial charge in [0.15, 0.2) is 0 Å². The lowest BCUT2D eigenvalue weighted by molar-refractivity contribution is -0.129. The Bertz CT molecular complexity index is 594. The lowest BCUT2D eigenvalue weighted by atomic mass is 9.88. The molecule has 3 fully saturated rings. The minimum absolute atomic E-state index is 0.00200. The van der Waals surface area contributed by atoms with Crippen molar-refractivity contribution in [3.63, 3.8) is 0 Å². The molecular weight excluding hydrogens is 330 g/mol. The summed E-state index contributed by atoms with van der Waals surface area (Å²) in [6.45, 7) is 3.09. The van der Waals surface area contributed by atoms with Crippen LogP contribution in [-0.2, 0) is 19.6 Å². The number of rotatable bonds is 6. The highest BCUT2D eigenvalue weighted by Gasteiger charge is 2.36. The van der Waals surface area contributed by atoms with E-state index < -0.39 is 21.7 Å². The molecule has 2 amide bonds. The zero-order chi connectivity index (χ0) is 17.3. The smallest absolute Gasteiger partial charge is 0.243 e. The van der Waals surface area contributed by atoms with E-state index >= 15 is 0 Å². The fourth-order valence-corrected chi connectivity index (χ4v) is 4.80. The van der Waals surface area contributed by atoms with Crippen molar-refractivity contribution in [2.75, 3.05) is 25.5 Å². The Labute approximate surface area is 143 Å². The number of carbonyl (C=O) groups excluding carboxylic acids is 2. The number of amides is 2. The summed E-state index contributed by atoms with van der Waals surface area (Å²) in [5, 5.41) is 0. The van der Waals surface area contributed by atoms with Crippen LogP contribution in [0.5, 0.6) is 0 Å². The van der Waals surface area contributed by atoms with E-state index in [2.05, 4.69) is 11.6 Å². The van der Waals surface area contributed by atoms with E-state index in [1.165, 1.54) is 4.90 Å². The van der Waals surface area contributed by atoms with Gasteiger partial charge in [-0.15, -0.1) is 0 Å². The maximum atomic E-state index is 12.3. The molecule has 2 aliphatic carbocycles. The van der Waals surface area contributed by atoms with Crippen LogP contribution < -0.4 is 4.72 Å². The Hall–Kier alpha value is -1.15. The van der Waals surface area contributed by atoms with Gasteiger partial charge in [-0.25, -0.2) is 13.1 Å². The van der Waals surface area contributed by atoms with E-state index in [0.717, 1.165) is 38.5 Å². The quantitative estimate of drug-likeness (QED) is 0.751. The number of carbonyl (C=O) groups is 2. The van der Waals surface area contributed by atoms with E-state index in [-0.39, 0.29) is 25.2 Å². The molecule has 8 heteroatoms. The van der Waals surface area contributed by atoms with Gasteiger partial charge in [0, 0.05) is 12.6 Å². The highest BCUT2D eigenvalue weighted by Crippen LogP contribution is 2.30. The van der Waals surface area contributed by atoms with Crippen molar-refractivity contribution in [2.24, 2.45) is 11.8 Å². The molecular formula is C16H27N3O4S. The second-order valence-electron chi connectivity index (χ2n) is 7.63.